The fourth-order valence-corrected chi connectivity index (χ4v) is 5.83. The van der Waals surface area contributed by atoms with Crippen LogP contribution in [0.1, 0.15) is 26.7 Å². The molecule has 0 aliphatic carbocycles. The maximum absolute atomic E-state index is 13.0. The van der Waals surface area contributed by atoms with E-state index in [0.717, 1.165) is 0 Å². The molecule has 172 valence electrons. The van der Waals surface area contributed by atoms with Crippen molar-refractivity contribution in [1.29, 1.82) is 0 Å². The highest BCUT2D eigenvalue weighted by atomic mass is 32.2. The van der Waals surface area contributed by atoms with Crippen LogP contribution in [0.25, 0.3) is 0 Å². The number of rotatable bonds is 7. The van der Waals surface area contributed by atoms with Crippen molar-refractivity contribution in [1.82, 2.24) is 19.0 Å². The highest BCUT2D eigenvalue weighted by molar-refractivity contribution is 7.89. The number of carbonyl (C=O) groups is 2. The van der Waals surface area contributed by atoms with E-state index in [2.05, 4.69) is 4.90 Å². The second-order valence-corrected chi connectivity index (χ2v) is 10.1. The maximum Gasteiger partial charge on any atom is 0.243 e. The van der Waals surface area contributed by atoms with E-state index in [0.29, 0.717) is 76.6 Å². The molecule has 0 atom stereocenters. The fraction of sp³-hybridized carbons (Fsp3) is 0.636. The largest absolute Gasteiger partial charge is 0.342 e. The Morgan fingerprint density at radius 3 is 2.06 bits per heavy atom. The van der Waals surface area contributed by atoms with Crippen LogP contribution in [0.5, 0.6) is 0 Å². The Kier molecular flexibility index (Phi) is 8.07. The van der Waals surface area contributed by atoms with Crippen LogP contribution in [0.4, 0.5) is 0 Å². The standard InChI is InChI=1S/C22H34N4O4S/c1-3-24(4-2)21(27)18-23-14-16-25(17-15-23)22(28)19-10-12-26(13-11-19)31(29,30)20-8-6-5-7-9-20/h5-9,19H,3-4,10-18H2,1-2H3. The number of carbonyl (C=O) groups excluding carboxylic acids is 2. The zero-order chi connectivity index (χ0) is 22.4. The number of piperazine rings is 1. The van der Waals surface area contributed by atoms with Gasteiger partial charge in [0.05, 0.1) is 11.4 Å². The zero-order valence-electron chi connectivity index (χ0n) is 18.6. The quantitative estimate of drug-likeness (QED) is 0.621. The summed E-state index contributed by atoms with van der Waals surface area (Å²) in [6.07, 6.45) is 1.09. The highest BCUT2D eigenvalue weighted by Gasteiger charge is 2.34. The molecule has 2 saturated heterocycles. The summed E-state index contributed by atoms with van der Waals surface area (Å²) in [7, 11) is -3.50. The van der Waals surface area contributed by atoms with Crippen LogP contribution in [-0.2, 0) is 19.6 Å². The van der Waals surface area contributed by atoms with E-state index in [9.17, 15) is 18.0 Å². The fourth-order valence-electron chi connectivity index (χ4n) is 4.34. The Labute approximate surface area is 185 Å². The Bertz CT molecular complexity index is 842. The lowest BCUT2D eigenvalue weighted by Crippen LogP contribution is -2.53. The van der Waals surface area contributed by atoms with Crippen molar-refractivity contribution in [3.63, 3.8) is 0 Å². The first-order valence-electron chi connectivity index (χ1n) is 11.2. The molecule has 0 spiro atoms. The number of hydrogen-bond donors (Lipinski definition) is 0. The van der Waals surface area contributed by atoms with Gasteiger partial charge in [-0.25, -0.2) is 8.42 Å². The minimum atomic E-state index is -3.50. The van der Waals surface area contributed by atoms with Gasteiger partial charge in [-0.3, -0.25) is 14.5 Å². The third-order valence-corrected chi connectivity index (χ3v) is 8.26. The molecule has 2 aliphatic rings. The Morgan fingerprint density at radius 1 is 0.935 bits per heavy atom. The van der Waals surface area contributed by atoms with E-state index in [1.54, 1.807) is 30.3 Å². The van der Waals surface area contributed by atoms with E-state index >= 15 is 0 Å². The molecule has 0 unspecified atom stereocenters. The molecule has 3 rings (SSSR count). The topological polar surface area (TPSA) is 81.2 Å². The number of hydrogen-bond acceptors (Lipinski definition) is 5. The zero-order valence-corrected chi connectivity index (χ0v) is 19.4. The molecule has 1 aromatic carbocycles. The van der Waals surface area contributed by atoms with Crippen molar-refractivity contribution in [2.75, 3.05) is 58.9 Å². The minimum absolute atomic E-state index is 0.117. The Morgan fingerprint density at radius 2 is 1.52 bits per heavy atom. The SMILES string of the molecule is CCN(CC)C(=O)CN1CCN(C(=O)C2CCN(S(=O)(=O)c3ccccc3)CC2)CC1. The van der Waals surface area contributed by atoms with Gasteiger partial charge in [0, 0.05) is 58.3 Å². The maximum atomic E-state index is 13.0. The van der Waals surface area contributed by atoms with Gasteiger partial charge in [0.2, 0.25) is 21.8 Å². The number of nitrogens with zero attached hydrogens (tertiary/aromatic N) is 4. The Hall–Kier alpha value is -1.97. The second-order valence-electron chi connectivity index (χ2n) is 8.16. The number of sulfonamides is 1. The molecule has 9 heteroatoms. The lowest BCUT2D eigenvalue weighted by Gasteiger charge is -2.38. The molecule has 8 nitrogen and oxygen atoms in total. The summed E-state index contributed by atoms with van der Waals surface area (Å²) in [5, 5.41) is 0. The van der Waals surface area contributed by atoms with Crippen LogP contribution in [0.3, 0.4) is 0 Å². The molecule has 0 N–H and O–H groups in total. The summed E-state index contributed by atoms with van der Waals surface area (Å²) in [6.45, 7) is 9.15. The number of piperidine rings is 1. The molecule has 2 aliphatic heterocycles. The number of amides is 2. The van der Waals surface area contributed by atoms with Crippen LogP contribution in [-0.4, -0.2) is 98.1 Å². The van der Waals surface area contributed by atoms with Crippen molar-refractivity contribution in [3.8, 4) is 0 Å². The molecule has 0 radical (unpaired) electrons. The van der Waals surface area contributed by atoms with E-state index in [4.69, 9.17) is 0 Å². The van der Waals surface area contributed by atoms with E-state index in [-0.39, 0.29) is 17.7 Å². The van der Waals surface area contributed by atoms with Crippen molar-refractivity contribution in [2.24, 2.45) is 5.92 Å². The first kappa shape index (κ1) is 23.7. The lowest BCUT2D eigenvalue weighted by atomic mass is 9.96. The first-order chi connectivity index (χ1) is 14.9. The summed E-state index contributed by atoms with van der Waals surface area (Å²) in [6, 6.07) is 8.45. The van der Waals surface area contributed by atoms with E-state index in [1.165, 1.54) is 4.31 Å². The molecular formula is C22H34N4O4S. The van der Waals surface area contributed by atoms with Gasteiger partial charge in [-0.15, -0.1) is 0 Å². The average Bonchev–Trinajstić information content (AvgIpc) is 2.80. The average molecular weight is 451 g/mol. The van der Waals surface area contributed by atoms with Gasteiger partial charge < -0.3 is 9.80 Å². The second kappa shape index (κ2) is 10.6. The third-order valence-electron chi connectivity index (χ3n) is 6.34. The third kappa shape index (κ3) is 5.64. The molecule has 2 heterocycles. The molecule has 2 fully saturated rings. The van der Waals surface area contributed by atoms with Gasteiger partial charge >= 0.3 is 0 Å². The van der Waals surface area contributed by atoms with Gasteiger partial charge in [0.25, 0.3) is 0 Å². The molecular weight excluding hydrogens is 416 g/mol. The summed E-state index contributed by atoms with van der Waals surface area (Å²) >= 11 is 0. The first-order valence-corrected chi connectivity index (χ1v) is 12.6. The summed E-state index contributed by atoms with van der Waals surface area (Å²) < 4.78 is 27.0. The highest BCUT2D eigenvalue weighted by Crippen LogP contribution is 2.25. The van der Waals surface area contributed by atoms with Gasteiger partial charge in [0.15, 0.2) is 0 Å². The molecule has 0 bridgehead atoms. The van der Waals surface area contributed by atoms with Crippen molar-refractivity contribution < 1.29 is 18.0 Å². The monoisotopic (exact) mass is 450 g/mol. The lowest BCUT2D eigenvalue weighted by molar-refractivity contribution is -0.139. The number of likely N-dealkylation sites (N-methyl/N-ethyl adjacent to an activating group) is 1. The molecule has 1 aromatic rings. The van der Waals surface area contributed by atoms with E-state index in [1.807, 2.05) is 23.6 Å². The van der Waals surface area contributed by atoms with Gasteiger partial charge in [0.1, 0.15) is 0 Å². The van der Waals surface area contributed by atoms with E-state index < -0.39 is 10.0 Å². The van der Waals surface area contributed by atoms with Gasteiger partial charge in [-0.2, -0.15) is 4.31 Å². The predicted molar refractivity (Wildman–Crippen MR) is 119 cm³/mol. The molecule has 0 aromatic heterocycles. The summed E-state index contributed by atoms with van der Waals surface area (Å²) in [5.74, 6) is 0.120. The van der Waals surface area contributed by atoms with Crippen LogP contribution in [0.2, 0.25) is 0 Å². The minimum Gasteiger partial charge on any atom is -0.342 e. The van der Waals surface area contributed by atoms with Crippen molar-refractivity contribution in [3.05, 3.63) is 30.3 Å². The van der Waals surface area contributed by atoms with Crippen LogP contribution in [0.15, 0.2) is 35.2 Å². The smallest absolute Gasteiger partial charge is 0.243 e. The van der Waals surface area contributed by atoms with Crippen molar-refractivity contribution >= 4 is 21.8 Å². The van der Waals surface area contributed by atoms with Gasteiger partial charge in [-0.1, -0.05) is 18.2 Å². The molecule has 2 amide bonds. The molecule has 0 saturated carbocycles. The van der Waals surface area contributed by atoms with Crippen LogP contribution < -0.4 is 0 Å². The number of benzene rings is 1. The molecule has 31 heavy (non-hydrogen) atoms. The Balaban J connectivity index is 1.47. The van der Waals surface area contributed by atoms with Crippen LogP contribution >= 0.6 is 0 Å². The normalized spacial score (nSPS) is 19.4. The summed E-state index contributed by atoms with van der Waals surface area (Å²) in [5.41, 5.74) is 0. The van der Waals surface area contributed by atoms with Gasteiger partial charge in [-0.05, 0) is 38.8 Å². The van der Waals surface area contributed by atoms with Crippen LogP contribution in [0, 0.1) is 5.92 Å². The van der Waals surface area contributed by atoms with Crippen molar-refractivity contribution in [2.45, 2.75) is 31.6 Å². The summed E-state index contributed by atoms with van der Waals surface area (Å²) in [4.78, 5) is 31.4. The predicted octanol–water partition coefficient (Wildman–Crippen LogP) is 1.10.